The summed E-state index contributed by atoms with van der Waals surface area (Å²) in [5.41, 5.74) is 0.369. The number of piperazine rings is 1. The fourth-order valence-corrected chi connectivity index (χ4v) is 4.37. The summed E-state index contributed by atoms with van der Waals surface area (Å²) in [6, 6.07) is 1.86. The van der Waals surface area contributed by atoms with Crippen LogP contribution in [0.5, 0.6) is 0 Å². The molecule has 1 atom stereocenters. The van der Waals surface area contributed by atoms with Crippen molar-refractivity contribution in [3.8, 4) is 0 Å². The molecule has 0 radical (unpaired) electrons. The second-order valence-electron chi connectivity index (χ2n) is 7.83. The molecule has 3 fully saturated rings. The number of rotatable bonds is 4. The Balaban J connectivity index is 1.19. The second kappa shape index (κ2) is 8.39. The van der Waals surface area contributed by atoms with Gasteiger partial charge in [0.15, 0.2) is 5.96 Å². The van der Waals surface area contributed by atoms with Gasteiger partial charge >= 0.3 is 0 Å². The Labute approximate surface area is 161 Å². The molecule has 3 aliphatic heterocycles. The Morgan fingerprint density at radius 1 is 1.19 bits per heavy atom. The quantitative estimate of drug-likeness (QED) is 0.601. The first-order valence-electron chi connectivity index (χ1n) is 10.1. The normalized spacial score (nSPS) is 26.9. The molecule has 0 bridgehead atoms. The first-order valence-corrected chi connectivity index (χ1v) is 10.1. The summed E-state index contributed by atoms with van der Waals surface area (Å²) in [6.45, 7) is 9.99. The third-order valence-electron chi connectivity index (χ3n) is 6.05. The van der Waals surface area contributed by atoms with E-state index in [0.717, 1.165) is 77.5 Å². The lowest BCUT2D eigenvalue weighted by Gasteiger charge is -2.35. The minimum Gasteiger partial charge on any atom is -0.381 e. The van der Waals surface area contributed by atoms with E-state index in [2.05, 4.69) is 35.0 Å². The molecular weight excluding hydrogens is 342 g/mol. The molecule has 4 rings (SSSR count). The zero-order valence-corrected chi connectivity index (χ0v) is 16.3. The molecule has 0 aliphatic carbocycles. The van der Waals surface area contributed by atoms with E-state index >= 15 is 0 Å². The third kappa shape index (κ3) is 4.32. The van der Waals surface area contributed by atoms with Crippen LogP contribution in [0, 0.1) is 5.41 Å². The summed E-state index contributed by atoms with van der Waals surface area (Å²) in [5.74, 6) is 1.88. The molecule has 0 aromatic carbocycles. The minimum atomic E-state index is 0.369. The van der Waals surface area contributed by atoms with Crippen LogP contribution in [0.2, 0.25) is 0 Å². The van der Waals surface area contributed by atoms with E-state index in [1.165, 1.54) is 12.8 Å². The van der Waals surface area contributed by atoms with Gasteiger partial charge < -0.3 is 19.9 Å². The summed E-state index contributed by atoms with van der Waals surface area (Å²) < 4.78 is 5.64. The summed E-state index contributed by atoms with van der Waals surface area (Å²) >= 11 is 0. The van der Waals surface area contributed by atoms with Crippen molar-refractivity contribution in [3.63, 3.8) is 0 Å². The maximum absolute atomic E-state index is 5.64. The number of aliphatic imine (C=N–C) groups is 1. The molecule has 27 heavy (non-hydrogen) atoms. The lowest BCUT2D eigenvalue weighted by Crippen LogP contribution is -2.50. The van der Waals surface area contributed by atoms with Crippen molar-refractivity contribution < 1.29 is 4.74 Å². The lowest BCUT2D eigenvalue weighted by atomic mass is 9.87. The van der Waals surface area contributed by atoms with Crippen LogP contribution >= 0.6 is 0 Å². The maximum atomic E-state index is 5.64. The Hall–Kier alpha value is -1.93. The van der Waals surface area contributed by atoms with Crippen molar-refractivity contribution >= 4 is 11.9 Å². The molecule has 1 spiro atoms. The molecule has 3 saturated heterocycles. The second-order valence-corrected chi connectivity index (χ2v) is 7.83. The molecule has 1 aromatic heterocycles. The Morgan fingerprint density at radius 3 is 2.70 bits per heavy atom. The number of hydrogen-bond donors (Lipinski definition) is 1. The number of hydrogen-bond acceptors (Lipinski definition) is 6. The zero-order valence-electron chi connectivity index (χ0n) is 16.3. The van der Waals surface area contributed by atoms with Crippen molar-refractivity contribution in [1.29, 1.82) is 0 Å². The number of likely N-dealkylation sites (tertiary alicyclic amines) is 1. The maximum Gasteiger partial charge on any atom is 0.225 e. The average molecular weight is 374 g/mol. The average Bonchev–Trinajstić information content (AvgIpc) is 3.36. The van der Waals surface area contributed by atoms with E-state index in [1.807, 2.05) is 25.5 Å². The van der Waals surface area contributed by atoms with Crippen molar-refractivity contribution in [2.24, 2.45) is 10.4 Å². The summed E-state index contributed by atoms with van der Waals surface area (Å²) in [4.78, 5) is 20.4. The molecule has 0 amide bonds. The van der Waals surface area contributed by atoms with Crippen molar-refractivity contribution in [3.05, 3.63) is 18.5 Å². The fraction of sp³-hybridized carbons (Fsp3) is 0.737. The molecule has 1 N–H and O–H groups in total. The smallest absolute Gasteiger partial charge is 0.225 e. The SMILES string of the molecule is CN=C(NCCN1CCN(c2ncccn2)CC1)N1CCC2(CCOC2)C1. The van der Waals surface area contributed by atoms with Gasteiger partial charge in [-0.2, -0.15) is 0 Å². The van der Waals surface area contributed by atoms with Gasteiger partial charge in [-0.3, -0.25) is 9.89 Å². The standard InChI is InChI=1S/C19H31N7O/c1-20-17(26-8-3-19(15-26)4-14-27-16-19)23-7-9-24-10-12-25(13-11-24)18-21-5-2-6-22-18/h2,5-6H,3-4,7-16H2,1H3,(H,20,23). The van der Waals surface area contributed by atoms with Gasteiger partial charge in [-0.25, -0.2) is 9.97 Å². The number of anilines is 1. The Kier molecular flexibility index (Phi) is 5.73. The van der Waals surface area contributed by atoms with E-state index in [4.69, 9.17) is 4.74 Å². The van der Waals surface area contributed by atoms with Crippen LogP contribution < -0.4 is 10.2 Å². The van der Waals surface area contributed by atoms with E-state index in [-0.39, 0.29) is 0 Å². The van der Waals surface area contributed by atoms with Crippen LogP contribution in [0.4, 0.5) is 5.95 Å². The number of nitrogens with one attached hydrogen (secondary N) is 1. The van der Waals surface area contributed by atoms with Gasteiger partial charge in [0, 0.05) is 83.8 Å². The van der Waals surface area contributed by atoms with Crippen LogP contribution in [-0.2, 0) is 4.74 Å². The predicted octanol–water partition coefficient (Wildman–Crippen LogP) is 0.286. The fourth-order valence-electron chi connectivity index (χ4n) is 4.37. The molecule has 1 unspecified atom stereocenters. The summed E-state index contributed by atoms with van der Waals surface area (Å²) in [6.07, 6.45) is 6.03. The number of aromatic nitrogens is 2. The molecule has 3 aliphatic rings. The molecule has 8 heteroatoms. The molecular formula is C19H31N7O. The van der Waals surface area contributed by atoms with Gasteiger partial charge in [0.25, 0.3) is 0 Å². The van der Waals surface area contributed by atoms with E-state index in [0.29, 0.717) is 5.41 Å². The van der Waals surface area contributed by atoms with Crippen molar-refractivity contribution in [1.82, 2.24) is 25.1 Å². The Bertz CT molecular complexity index is 624. The predicted molar refractivity (Wildman–Crippen MR) is 106 cm³/mol. The number of guanidine groups is 1. The first kappa shape index (κ1) is 18.4. The van der Waals surface area contributed by atoms with Gasteiger partial charge in [0.2, 0.25) is 5.95 Å². The number of ether oxygens (including phenoxy) is 1. The first-order chi connectivity index (χ1) is 13.3. The van der Waals surface area contributed by atoms with Crippen LogP contribution in [0.25, 0.3) is 0 Å². The highest BCUT2D eigenvalue weighted by molar-refractivity contribution is 5.80. The molecule has 8 nitrogen and oxygen atoms in total. The highest BCUT2D eigenvalue weighted by Crippen LogP contribution is 2.38. The summed E-state index contributed by atoms with van der Waals surface area (Å²) in [7, 11) is 1.89. The summed E-state index contributed by atoms with van der Waals surface area (Å²) in [5, 5.41) is 3.56. The van der Waals surface area contributed by atoms with E-state index in [9.17, 15) is 0 Å². The van der Waals surface area contributed by atoms with Crippen LogP contribution in [0.15, 0.2) is 23.5 Å². The Morgan fingerprint density at radius 2 is 2.00 bits per heavy atom. The molecule has 148 valence electrons. The number of nitrogens with zero attached hydrogens (tertiary/aromatic N) is 6. The third-order valence-corrected chi connectivity index (χ3v) is 6.05. The minimum absolute atomic E-state index is 0.369. The highest BCUT2D eigenvalue weighted by atomic mass is 16.5. The largest absolute Gasteiger partial charge is 0.381 e. The highest BCUT2D eigenvalue weighted by Gasteiger charge is 2.42. The van der Waals surface area contributed by atoms with Crippen molar-refractivity contribution in [2.75, 3.05) is 77.5 Å². The van der Waals surface area contributed by atoms with Crippen LogP contribution in [-0.4, -0.2) is 98.3 Å². The van der Waals surface area contributed by atoms with Crippen molar-refractivity contribution in [2.45, 2.75) is 12.8 Å². The zero-order chi connectivity index (χ0) is 18.5. The molecule has 1 aromatic rings. The van der Waals surface area contributed by atoms with Gasteiger partial charge in [0.1, 0.15) is 0 Å². The lowest BCUT2D eigenvalue weighted by molar-refractivity contribution is 0.156. The van der Waals surface area contributed by atoms with E-state index in [1.54, 1.807) is 0 Å². The van der Waals surface area contributed by atoms with E-state index < -0.39 is 0 Å². The molecule has 4 heterocycles. The van der Waals surface area contributed by atoms with Gasteiger partial charge in [-0.1, -0.05) is 0 Å². The van der Waals surface area contributed by atoms with Crippen LogP contribution in [0.3, 0.4) is 0 Å². The van der Waals surface area contributed by atoms with Gasteiger partial charge in [-0.15, -0.1) is 0 Å². The molecule has 0 saturated carbocycles. The van der Waals surface area contributed by atoms with Crippen LogP contribution in [0.1, 0.15) is 12.8 Å². The van der Waals surface area contributed by atoms with Gasteiger partial charge in [0.05, 0.1) is 6.61 Å². The topological polar surface area (TPSA) is 69.1 Å². The van der Waals surface area contributed by atoms with Gasteiger partial charge in [-0.05, 0) is 18.9 Å². The monoisotopic (exact) mass is 373 g/mol.